The molecule has 3 N–H and O–H groups in total. The van der Waals surface area contributed by atoms with E-state index in [0.29, 0.717) is 39.3 Å². The van der Waals surface area contributed by atoms with Crippen molar-refractivity contribution in [1.29, 1.82) is 0 Å². The molecule has 0 saturated carbocycles. The number of aliphatic hydroxyl groups excluding tert-OH is 3. The van der Waals surface area contributed by atoms with Crippen LogP contribution in [0, 0.1) is 0 Å². The molecule has 15 nitrogen and oxygen atoms in total. The number of carbonyl (C=O) groups excluding carboxylic acids is 6. The second-order valence-electron chi connectivity index (χ2n) is 11.3. The number of carbonyl (C=O) groups is 6. The van der Waals surface area contributed by atoms with E-state index in [1.54, 1.807) is 57.0 Å². The van der Waals surface area contributed by atoms with E-state index in [1.807, 2.05) is 0 Å². The SMILES string of the molecule is CN(C)C(=O)C=C(O)C(=O)N1CCCC1.CN(C)C(=O)C=C(O)C(=O)N1CCCC1.CN(C)C(=O)C=C(O)C(=O)N1CCCC1.[Fe]. The van der Waals surface area contributed by atoms with Gasteiger partial charge in [-0.15, -0.1) is 0 Å². The molecule has 0 aliphatic carbocycles. The summed E-state index contributed by atoms with van der Waals surface area (Å²) in [7, 11) is 9.37. The van der Waals surface area contributed by atoms with Crippen molar-refractivity contribution in [3.63, 3.8) is 0 Å². The minimum Gasteiger partial charge on any atom is -0.503 e. The van der Waals surface area contributed by atoms with Crippen LogP contribution in [0.15, 0.2) is 35.5 Å². The number of hydrogen-bond acceptors (Lipinski definition) is 9. The smallest absolute Gasteiger partial charge is 0.288 e. The number of aliphatic hydroxyl groups is 3. The molecule has 3 rings (SSSR count). The third kappa shape index (κ3) is 14.4. The summed E-state index contributed by atoms with van der Waals surface area (Å²) in [5, 5.41) is 28.3. The van der Waals surface area contributed by atoms with Gasteiger partial charge in [0.2, 0.25) is 17.7 Å². The molecule has 46 heavy (non-hydrogen) atoms. The van der Waals surface area contributed by atoms with E-state index >= 15 is 0 Å². The van der Waals surface area contributed by atoms with Gasteiger partial charge in [0, 0.05) is 98.6 Å². The van der Waals surface area contributed by atoms with Gasteiger partial charge in [0.1, 0.15) is 0 Å². The number of rotatable bonds is 6. The fraction of sp³-hybridized carbons (Fsp3) is 0.600. The first-order valence-electron chi connectivity index (χ1n) is 14.8. The van der Waals surface area contributed by atoms with Crippen molar-refractivity contribution in [3.8, 4) is 0 Å². The largest absolute Gasteiger partial charge is 0.503 e. The van der Waals surface area contributed by atoms with Crippen molar-refractivity contribution in [1.82, 2.24) is 29.4 Å². The number of nitrogens with zero attached hydrogens (tertiary/aromatic N) is 6. The topological polar surface area (TPSA) is 183 Å². The molecule has 0 aromatic heterocycles. The minimum atomic E-state index is -0.476. The first-order chi connectivity index (χ1) is 21.1. The van der Waals surface area contributed by atoms with Gasteiger partial charge in [-0.1, -0.05) is 0 Å². The Balaban J connectivity index is 0.000000653. The summed E-state index contributed by atoms with van der Waals surface area (Å²) in [6, 6.07) is 0. The number of amides is 6. The van der Waals surface area contributed by atoms with E-state index in [-0.39, 0.29) is 34.8 Å². The normalized spacial score (nSPS) is 16.3. The van der Waals surface area contributed by atoms with Crippen molar-refractivity contribution in [2.45, 2.75) is 38.5 Å². The molecule has 16 heteroatoms. The molecule has 0 atom stereocenters. The molecule has 3 saturated heterocycles. The monoisotopic (exact) mass is 692 g/mol. The Bertz CT molecular complexity index is 1020. The maximum absolute atomic E-state index is 11.5. The molecular weight excluding hydrogens is 644 g/mol. The maximum atomic E-state index is 11.5. The first-order valence-corrected chi connectivity index (χ1v) is 14.8. The number of likely N-dealkylation sites (tertiary alicyclic amines) is 3. The Labute approximate surface area is 281 Å². The Morgan fingerprint density at radius 2 is 0.609 bits per heavy atom. The van der Waals surface area contributed by atoms with Crippen LogP contribution in [0.1, 0.15) is 38.5 Å². The van der Waals surface area contributed by atoms with Crippen LogP contribution in [0.5, 0.6) is 0 Å². The van der Waals surface area contributed by atoms with Gasteiger partial charge in [-0.2, -0.15) is 0 Å². The zero-order valence-electron chi connectivity index (χ0n) is 27.5. The molecule has 260 valence electrons. The molecule has 3 aliphatic heterocycles. The van der Waals surface area contributed by atoms with E-state index in [1.165, 1.54) is 14.7 Å². The molecule has 0 bridgehead atoms. The summed E-state index contributed by atoms with van der Waals surface area (Å²) in [6.07, 6.45) is 8.63. The van der Waals surface area contributed by atoms with Crippen LogP contribution in [0.2, 0.25) is 0 Å². The van der Waals surface area contributed by atoms with Gasteiger partial charge in [0.15, 0.2) is 17.3 Å². The quantitative estimate of drug-likeness (QED) is 0.202. The van der Waals surface area contributed by atoms with Crippen LogP contribution in [-0.2, 0) is 45.8 Å². The number of hydrogen-bond donors (Lipinski definition) is 3. The van der Waals surface area contributed by atoms with Crippen molar-refractivity contribution < 1.29 is 61.2 Å². The van der Waals surface area contributed by atoms with E-state index in [4.69, 9.17) is 0 Å². The third-order valence-corrected chi connectivity index (χ3v) is 6.94. The van der Waals surface area contributed by atoms with Crippen molar-refractivity contribution in [2.75, 3.05) is 81.6 Å². The number of likely N-dealkylation sites (N-methyl/N-ethyl adjacent to an activating group) is 3. The Hall–Kier alpha value is -4.04. The molecule has 0 spiro atoms. The van der Waals surface area contributed by atoms with Gasteiger partial charge in [0.05, 0.1) is 18.2 Å². The van der Waals surface area contributed by atoms with Gasteiger partial charge in [-0.3, -0.25) is 28.8 Å². The Morgan fingerprint density at radius 3 is 0.761 bits per heavy atom. The fourth-order valence-corrected chi connectivity index (χ4v) is 4.17. The summed E-state index contributed by atoms with van der Waals surface area (Å²) in [6.45, 7) is 3.96. The average molecular weight is 693 g/mol. The molecule has 0 aromatic rings. The van der Waals surface area contributed by atoms with Crippen molar-refractivity contribution in [2.24, 2.45) is 0 Å². The van der Waals surface area contributed by atoms with Crippen LogP contribution in [0.3, 0.4) is 0 Å². The van der Waals surface area contributed by atoms with Gasteiger partial charge in [0.25, 0.3) is 17.7 Å². The predicted molar refractivity (Wildman–Crippen MR) is 166 cm³/mol. The average Bonchev–Trinajstić information content (AvgIpc) is 3.80. The molecular formula is C30H48FeN6O9. The van der Waals surface area contributed by atoms with Crippen LogP contribution in [0.4, 0.5) is 0 Å². The van der Waals surface area contributed by atoms with Gasteiger partial charge < -0.3 is 44.7 Å². The standard InChI is InChI=1S/3C10H16N2O3.Fe/c3*1-11(2)9(14)7-8(13)10(15)12-5-3-4-6-12;/h3*7,13H,3-6H2,1-2H3;. The molecule has 6 amide bonds. The first kappa shape index (κ1) is 42.0. The Morgan fingerprint density at radius 1 is 0.435 bits per heavy atom. The summed E-state index contributed by atoms with van der Waals surface area (Å²) >= 11 is 0. The summed E-state index contributed by atoms with van der Waals surface area (Å²) < 4.78 is 0. The third-order valence-electron chi connectivity index (χ3n) is 6.94. The summed E-state index contributed by atoms with van der Waals surface area (Å²) in [5.41, 5.74) is 0. The fourth-order valence-electron chi connectivity index (χ4n) is 4.17. The minimum absolute atomic E-state index is 0. The molecule has 3 aliphatic rings. The summed E-state index contributed by atoms with van der Waals surface area (Å²) in [4.78, 5) is 76.7. The van der Waals surface area contributed by atoms with E-state index in [9.17, 15) is 44.1 Å². The zero-order chi connectivity index (χ0) is 34.3. The maximum Gasteiger partial charge on any atom is 0.288 e. The second-order valence-corrected chi connectivity index (χ2v) is 11.3. The van der Waals surface area contributed by atoms with Gasteiger partial charge in [-0.25, -0.2) is 0 Å². The van der Waals surface area contributed by atoms with Crippen molar-refractivity contribution >= 4 is 35.4 Å². The van der Waals surface area contributed by atoms with Crippen molar-refractivity contribution in [3.05, 3.63) is 35.5 Å². The van der Waals surface area contributed by atoms with Crippen LogP contribution >= 0.6 is 0 Å². The van der Waals surface area contributed by atoms with Gasteiger partial charge >= 0.3 is 0 Å². The molecule has 3 fully saturated rings. The second kappa shape index (κ2) is 20.9. The van der Waals surface area contributed by atoms with Crippen LogP contribution < -0.4 is 0 Å². The Kier molecular flexibility index (Phi) is 19.1. The van der Waals surface area contributed by atoms with Crippen LogP contribution in [0.25, 0.3) is 0 Å². The molecule has 0 unspecified atom stereocenters. The van der Waals surface area contributed by atoms with Gasteiger partial charge in [-0.05, 0) is 38.5 Å². The molecule has 3 heterocycles. The van der Waals surface area contributed by atoms with E-state index in [2.05, 4.69) is 0 Å². The zero-order valence-corrected chi connectivity index (χ0v) is 28.6. The van der Waals surface area contributed by atoms with E-state index < -0.39 is 35.0 Å². The summed E-state index contributed by atoms with van der Waals surface area (Å²) in [5.74, 6) is -3.96. The molecule has 0 radical (unpaired) electrons. The molecule has 0 aromatic carbocycles. The predicted octanol–water partition coefficient (Wildman–Crippen LogP) is 0.414. The van der Waals surface area contributed by atoms with E-state index in [0.717, 1.165) is 56.8 Å². The van der Waals surface area contributed by atoms with Crippen LogP contribution in [-0.4, -0.2) is 162 Å².